The molecule has 1 rings (SSSR count). The van der Waals surface area contributed by atoms with E-state index in [9.17, 15) is 9.59 Å². The molecule has 0 fully saturated rings. The van der Waals surface area contributed by atoms with Gasteiger partial charge in [-0.15, -0.1) is 10.2 Å². The fourth-order valence-electron chi connectivity index (χ4n) is 0.692. The minimum atomic E-state index is -0.916. The lowest BCUT2D eigenvalue weighted by Crippen LogP contribution is -2.24. The van der Waals surface area contributed by atoms with Gasteiger partial charge in [0.15, 0.2) is 0 Å². The fourth-order valence-corrected chi connectivity index (χ4v) is 1.28. The van der Waals surface area contributed by atoms with Crippen LogP contribution < -0.4 is 5.32 Å². The molecule has 1 amide bonds. The molecule has 0 aliphatic heterocycles. The Morgan fingerprint density at radius 2 is 2.21 bits per heavy atom. The first kappa shape index (κ1) is 10.6. The van der Waals surface area contributed by atoms with Gasteiger partial charge in [-0.05, 0) is 13.8 Å². The van der Waals surface area contributed by atoms with Gasteiger partial charge in [-0.2, -0.15) is 0 Å². The summed E-state index contributed by atoms with van der Waals surface area (Å²) >= 11 is 1.19. The molecule has 76 valence electrons. The summed E-state index contributed by atoms with van der Waals surface area (Å²) in [6, 6.07) is 0. The molecule has 0 spiro atoms. The standard InChI is InChI=1S/C7H9N3O3S/c1-3-13-6(12)5(11)8-7-10-9-4(2)14-7/h3H2,1-2H3,(H,8,10,11). The Morgan fingerprint density at radius 3 is 2.71 bits per heavy atom. The maximum atomic E-state index is 11.1. The highest BCUT2D eigenvalue weighted by atomic mass is 32.1. The Bertz CT molecular complexity index is 350. The van der Waals surface area contributed by atoms with Crippen LogP contribution in [0.25, 0.3) is 0 Å². The summed E-state index contributed by atoms with van der Waals surface area (Å²) in [4.78, 5) is 21.9. The second-order valence-electron chi connectivity index (χ2n) is 2.30. The number of carbonyl (C=O) groups excluding carboxylic acids is 2. The van der Waals surface area contributed by atoms with Crippen LogP contribution in [-0.4, -0.2) is 28.7 Å². The number of amides is 1. The lowest BCUT2D eigenvalue weighted by molar-refractivity contribution is -0.152. The van der Waals surface area contributed by atoms with Gasteiger partial charge in [0.05, 0.1) is 6.61 Å². The quantitative estimate of drug-likeness (QED) is 0.568. The molecule has 0 atom stereocenters. The van der Waals surface area contributed by atoms with Crippen molar-refractivity contribution in [2.24, 2.45) is 0 Å². The van der Waals surface area contributed by atoms with Crippen LogP contribution in [0.1, 0.15) is 11.9 Å². The maximum absolute atomic E-state index is 11.1. The van der Waals surface area contributed by atoms with Gasteiger partial charge >= 0.3 is 11.9 Å². The molecule has 6 nitrogen and oxygen atoms in total. The van der Waals surface area contributed by atoms with Crippen LogP contribution in [0.2, 0.25) is 0 Å². The molecule has 7 heteroatoms. The molecule has 1 aromatic rings. The molecule has 14 heavy (non-hydrogen) atoms. The molecule has 0 unspecified atom stereocenters. The number of carbonyl (C=O) groups is 2. The summed E-state index contributed by atoms with van der Waals surface area (Å²) in [5, 5.41) is 10.6. The van der Waals surface area contributed by atoms with Crippen LogP contribution in [0.4, 0.5) is 5.13 Å². The number of ether oxygens (including phenoxy) is 1. The predicted octanol–water partition coefficient (Wildman–Crippen LogP) is 0.348. The van der Waals surface area contributed by atoms with Gasteiger partial charge in [0.2, 0.25) is 5.13 Å². The zero-order chi connectivity index (χ0) is 10.6. The summed E-state index contributed by atoms with van der Waals surface area (Å²) in [6.07, 6.45) is 0. The van der Waals surface area contributed by atoms with E-state index in [0.29, 0.717) is 10.1 Å². The Labute approximate surface area is 84.3 Å². The summed E-state index contributed by atoms with van der Waals surface area (Å²) in [6.45, 7) is 3.54. The molecule has 0 aliphatic rings. The van der Waals surface area contributed by atoms with Crippen LogP contribution in [0.5, 0.6) is 0 Å². The highest BCUT2D eigenvalue weighted by Gasteiger charge is 2.16. The fraction of sp³-hybridized carbons (Fsp3) is 0.429. The van der Waals surface area contributed by atoms with E-state index in [4.69, 9.17) is 0 Å². The van der Waals surface area contributed by atoms with Gasteiger partial charge in [0.25, 0.3) is 0 Å². The summed E-state index contributed by atoms with van der Waals surface area (Å²) in [5.41, 5.74) is 0. The Kier molecular flexibility index (Phi) is 3.52. The van der Waals surface area contributed by atoms with Crippen molar-refractivity contribution in [2.75, 3.05) is 11.9 Å². The first-order valence-electron chi connectivity index (χ1n) is 3.91. The number of nitrogens with zero attached hydrogens (tertiary/aromatic N) is 2. The van der Waals surface area contributed by atoms with Crippen LogP contribution in [0.3, 0.4) is 0 Å². The van der Waals surface area contributed by atoms with Crippen molar-refractivity contribution in [2.45, 2.75) is 13.8 Å². The Balaban J connectivity index is 2.53. The SMILES string of the molecule is CCOC(=O)C(=O)Nc1nnc(C)s1. The second-order valence-corrected chi connectivity index (χ2v) is 3.48. The van der Waals surface area contributed by atoms with Gasteiger partial charge in [-0.3, -0.25) is 10.1 Å². The molecule has 0 saturated carbocycles. The van der Waals surface area contributed by atoms with E-state index in [-0.39, 0.29) is 6.61 Å². The van der Waals surface area contributed by atoms with E-state index in [2.05, 4.69) is 20.3 Å². The molecular formula is C7H9N3O3S. The zero-order valence-corrected chi connectivity index (χ0v) is 8.55. The average Bonchev–Trinajstić information content (AvgIpc) is 2.51. The predicted molar refractivity (Wildman–Crippen MR) is 49.9 cm³/mol. The molecule has 0 bridgehead atoms. The van der Waals surface area contributed by atoms with E-state index in [1.807, 2.05) is 0 Å². The van der Waals surface area contributed by atoms with Crippen LogP contribution in [-0.2, 0) is 14.3 Å². The molecule has 1 aromatic heterocycles. The number of hydrogen-bond donors (Lipinski definition) is 1. The monoisotopic (exact) mass is 215 g/mol. The number of anilines is 1. The Morgan fingerprint density at radius 1 is 1.50 bits per heavy atom. The number of esters is 1. The second kappa shape index (κ2) is 4.66. The smallest absolute Gasteiger partial charge is 0.397 e. The molecule has 0 radical (unpaired) electrons. The van der Waals surface area contributed by atoms with Crippen LogP contribution in [0.15, 0.2) is 0 Å². The minimum absolute atomic E-state index is 0.168. The van der Waals surface area contributed by atoms with Crippen molar-refractivity contribution >= 4 is 28.3 Å². The molecule has 1 N–H and O–H groups in total. The lowest BCUT2D eigenvalue weighted by atomic mass is 10.6. The van der Waals surface area contributed by atoms with E-state index >= 15 is 0 Å². The largest absolute Gasteiger partial charge is 0.459 e. The minimum Gasteiger partial charge on any atom is -0.459 e. The lowest BCUT2D eigenvalue weighted by Gasteiger charge is -1.99. The molecule has 0 saturated heterocycles. The maximum Gasteiger partial charge on any atom is 0.397 e. The molecule has 0 aliphatic carbocycles. The van der Waals surface area contributed by atoms with Gasteiger partial charge in [0.1, 0.15) is 5.01 Å². The van der Waals surface area contributed by atoms with E-state index < -0.39 is 11.9 Å². The number of rotatable bonds is 2. The third-order valence-corrected chi connectivity index (χ3v) is 1.96. The van der Waals surface area contributed by atoms with E-state index in [1.165, 1.54) is 11.3 Å². The average molecular weight is 215 g/mol. The van der Waals surface area contributed by atoms with Crippen molar-refractivity contribution < 1.29 is 14.3 Å². The van der Waals surface area contributed by atoms with Gasteiger partial charge in [-0.1, -0.05) is 11.3 Å². The van der Waals surface area contributed by atoms with Crippen LogP contribution in [0, 0.1) is 6.92 Å². The van der Waals surface area contributed by atoms with E-state index in [1.54, 1.807) is 13.8 Å². The number of aromatic nitrogens is 2. The summed E-state index contributed by atoms with van der Waals surface area (Å²) in [7, 11) is 0. The normalized spacial score (nSPS) is 9.57. The van der Waals surface area contributed by atoms with Crippen molar-refractivity contribution in [1.82, 2.24) is 10.2 Å². The van der Waals surface area contributed by atoms with E-state index in [0.717, 1.165) is 0 Å². The zero-order valence-electron chi connectivity index (χ0n) is 7.73. The number of hydrogen-bond acceptors (Lipinski definition) is 6. The van der Waals surface area contributed by atoms with Gasteiger partial charge in [-0.25, -0.2) is 4.79 Å². The van der Waals surface area contributed by atoms with Gasteiger partial charge < -0.3 is 4.74 Å². The number of aryl methyl sites for hydroxylation is 1. The molecular weight excluding hydrogens is 206 g/mol. The third-order valence-electron chi connectivity index (χ3n) is 1.21. The first-order valence-corrected chi connectivity index (χ1v) is 4.73. The van der Waals surface area contributed by atoms with Crippen molar-refractivity contribution in [3.63, 3.8) is 0 Å². The highest BCUT2D eigenvalue weighted by molar-refractivity contribution is 7.15. The third kappa shape index (κ3) is 2.77. The topological polar surface area (TPSA) is 81.2 Å². The number of nitrogens with one attached hydrogen (secondary N) is 1. The summed E-state index contributed by atoms with van der Waals surface area (Å²) in [5.74, 6) is -1.75. The van der Waals surface area contributed by atoms with Crippen LogP contribution >= 0.6 is 11.3 Å². The first-order chi connectivity index (χ1) is 6.63. The van der Waals surface area contributed by atoms with Crippen molar-refractivity contribution in [1.29, 1.82) is 0 Å². The molecule has 1 heterocycles. The van der Waals surface area contributed by atoms with Crippen molar-refractivity contribution in [3.8, 4) is 0 Å². The van der Waals surface area contributed by atoms with Gasteiger partial charge in [0, 0.05) is 0 Å². The summed E-state index contributed by atoms with van der Waals surface area (Å²) < 4.78 is 4.49. The highest BCUT2D eigenvalue weighted by Crippen LogP contribution is 2.13. The van der Waals surface area contributed by atoms with Crippen molar-refractivity contribution in [3.05, 3.63) is 5.01 Å². The Hall–Kier alpha value is -1.50. The molecule has 0 aromatic carbocycles.